The monoisotopic (exact) mass is 516 g/mol. The maximum atomic E-state index is 13.7. The summed E-state index contributed by atoms with van der Waals surface area (Å²) in [4.78, 5) is 41.7. The standard InChI is InChI=1S/C27H21BrN2O4/c1-2-30-22-15-19(28)13-14-21(22)27(26(30)33)16-20(17-9-5-3-6-10-17)23(25(32)34-27)29-24(31)18-11-7-4-8-12-18/h3-15H,2,16H2,1H3,(H,29,31)/t27-/m1/s1. The van der Waals surface area contributed by atoms with E-state index in [4.69, 9.17) is 4.74 Å². The summed E-state index contributed by atoms with van der Waals surface area (Å²) in [6.45, 7) is 2.31. The summed E-state index contributed by atoms with van der Waals surface area (Å²) in [6, 6.07) is 23.4. The summed E-state index contributed by atoms with van der Waals surface area (Å²) in [5.41, 5.74) is 1.61. The molecular formula is C27H21BrN2O4. The van der Waals surface area contributed by atoms with Gasteiger partial charge >= 0.3 is 5.97 Å². The molecule has 0 bridgehead atoms. The van der Waals surface area contributed by atoms with Gasteiger partial charge in [-0.25, -0.2) is 4.79 Å². The van der Waals surface area contributed by atoms with E-state index < -0.39 is 17.5 Å². The van der Waals surface area contributed by atoms with Gasteiger partial charge in [0.05, 0.1) is 5.69 Å². The molecule has 2 amide bonds. The summed E-state index contributed by atoms with van der Waals surface area (Å²) in [5.74, 6) is -1.46. The van der Waals surface area contributed by atoms with Crippen LogP contribution in [0.4, 0.5) is 5.69 Å². The van der Waals surface area contributed by atoms with Crippen LogP contribution in [0.3, 0.4) is 0 Å². The number of amides is 2. The summed E-state index contributed by atoms with van der Waals surface area (Å²) in [6.07, 6.45) is 0.108. The zero-order valence-corrected chi connectivity index (χ0v) is 20.0. The molecule has 0 saturated carbocycles. The van der Waals surface area contributed by atoms with Gasteiger partial charge in [0.15, 0.2) is 0 Å². The van der Waals surface area contributed by atoms with E-state index in [0.717, 1.165) is 10.0 Å². The fourth-order valence-electron chi connectivity index (χ4n) is 4.59. The Morgan fingerprint density at radius 2 is 1.71 bits per heavy atom. The smallest absolute Gasteiger partial charge is 0.356 e. The Morgan fingerprint density at radius 3 is 2.38 bits per heavy atom. The van der Waals surface area contributed by atoms with Gasteiger partial charge in [-0.3, -0.25) is 9.59 Å². The van der Waals surface area contributed by atoms with E-state index in [9.17, 15) is 14.4 Å². The lowest BCUT2D eigenvalue weighted by molar-refractivity contribution is -0.165. The van der Waals surface area contributed by atoms with Crippen molar-refractivity contribution in [2.75, 3.05) is 11.4 Å². The summed E-state index contributed by atoms with van der Waals surface area (Å²) < 4.78 is 6.75. The number of ether oxygens (including phenoxy) is 1. The Bertz CT molecular complexity index is 1340. The van der Waals surface area contributed by atoms with Gasteiger partial charge in [-0.05, 0) is 42.3 Å². The number of hydrogen-bond acceptors (Lipinski definition) is 4. The van der Waals surface area contributed by atoms with Crippen LogP contribution in [0.1, 0.15) is 34.8 Å². The second-order valence-electron chi connectivity index (χ2n) is 8.14. The highest BCUT2D eigenvalue weighted by Crippen LogP contribution is 2.51. The van der Waals surface area contributed by atoms with Crippen molar-refractivity contribution in [3.8, 4) is 0 Å². The first-order valence-corrected chi connectivity index (χ1v) is 11.7. The van der Waals surface area contributed by atoms with Crippen molar-refractivity contribution in [1.29, 1.82) is 0 Å². The predicted molar refractivity (Wildman–Crippen MR) is 132 cm³/mol. The SMILES string of the molecule is CCN1C(=O)[C@@]2(CC(c3ccccc3)=C(NC(=O)c3ccccc3)C(=O)O2)c2ccc(Br)cc21. The number of carbonyl (C=O) groups is 3. The van der Waals surface area contributed by atoms with Crippen LogP contribution >= 0.6 is 15.9 Å². The van der Waals surface area contributed by atoms with E-state index in [0.29, 0.717) is 28.9 Å². The summed E-state index contributed by atoms with van der Waals surface area (Å²) in [7, 11) is 0. The molecule has 6 nitrogen and oxygen atoms in total. The molecule has 7 heteroatoms. The number of nitrogens with zero attached hydrogens (tertiary/aromatic N) is 1. The Kier molecular flexibility index (Phi) is 5.57. The number of halogens is 1. The number of hydrogen-bond donors (Lipinski definition) is 1. The molecule has 170 valence electrons. The van der Waals surface area contributed by atoms with Crippen molar-refractivity contribution < 1.29 is 19.1 Å². The molecule has 5 rings (SSSR count). The molecular weight excluding hydrogens is 496 g/mol. The molecule has 0 fully saturated rings. The van der Waals surface area contributed by atoms with E-state index in [1.807, 2.05) is 61.5 Å². The minimum atomic E-state index is -1.49. The number of carbonyl (C=O) groups excluding carboxylic acids is 3. The highest BCUT2D eigenvalue weighted by atomic mass is 79.9. The topological polar surface area (TPSA) is 75.7 Å². The number of likely N-dealkylation sites (N-methyl/N-ethyl adjacent to an activating group) is 1. The Morgan fingerprint density at radius 1 is 1.03 bits per heavy atom. The lowest BCUT2D eigenvalue weighted by atomic mass is 9.82. The third-order valence-electron chi connectivity index (χ3n) is 6.19. The van der Waals surface area contributed by atoms with Crippen LogP contribution in [0.5, 0.6) is 0 Å². The zero-order chi connectivity index (χ0) is 23.9. The lowest BCUT2D eigenvalue weighted by Gasteiger charge is -2.35. The molecule has 2 aliphatic rings. The third-order valence-corrected chi connectivity index (χ3v) is 6.68. The molecule has 3 aromatic carbocycles. The highest BCUT2D eigenvalue weighted by Gasteiger charge is 2.57. The van der Waals surface area contributed by atoms with Gasteiger partial charge in [-0.15, -0.1) is 0 Å². The molecule has 0 aliphatic carbocycles. The van der Waals surface area contributed by atoms with Crippen molar-refractivity contribution in [3.05, 3.63) is 106 Å². The van der Waals surface area contributed by atoms with Gasteiger partial charge in [-0.2, -0.15) is 0 Å². The van der Waals surface area contributed by atoms with Gasteiger partial charge in [-0.1, -0.05) is 70.5 Å². The predicted octanol–water partition coefficient (Wildman–Crippen LogP) is 4.80. The number of esters is 1. The molecule has 3 aromatic rings. The van der Waals surface area contributed by atoms with Crippen LogP contribution in [-0.4, -0.2) is 24.3 Å². The molecule has 2 aliphatic heterocycles. The van der Waals surface area contributed by atoms with Crippen LogP contribution in [-0.2, 0) is 19.9 Å². The molecule has 0 radical (unpaired) electrons. The molecule has 34 heavy (non-hydrogen) atoms. The molecule has 0 unspecified atom stereocenters. The maximum Gasteiger partial charge on any atom is 0.356 e. The molecule has 1 atom stereocenters. The van der Waals surface area contributed by atoms with Gasteiger partial charge in [0.2, 0.25) is 5.60 Å². The number of rotatable bonds is 4. The van der Waals surface area contributed by atoms with Gasteiger partial charge in [0, 0.05) is 28.6 Å². The average molecular weight is 517 g/mol. The lowest BCUT2D eigenvalue weighted by Crippen LogP contribution is -2.48. The van der Waals surface area contributed by atoms with Crippen LogP contribution in [0.2, 0.25) is 0 Å². The van der Waals surface area contributed by atoms with E-state index in [2.05, 4.69) is 21.2 Å². The van der Waals surface area contributed by atoms with E-state index in [1.54, 1.807) is 29.2 Å². The van der Waals surface area contributed by atoms with Crippen LogP contribution in [0.15, 0.2) is 89.0 Å². The van der Waals surface area contributed by atoms with Crippen molar-refractivity contribution in [2.24, 2.45) is 0 Å². The van der Waals surface area contributed by atoms with E-state index in [1.165, 1.54) is 0 Å². The number of fused-ring (bicyclic) bond motifs is 2. The first kappa shape index (κ1) is 22.1. The Hall–Kier alpha value is -3.71. The molecule has 1 spiro atoms. The summed E-state index contributed by atoms with van der Waals surface area (Å²) in [5, 5.41) is 2.75. The van der Waals surface area contributed by atoms with Gasteiger partial charge < -0.3 is 15.0 Å². The Balaban J connectivity index is 1.65. The average Bonchev–Trinajstić information content (AvgIpc) is 3.07. The van der Waals surface area contributed by atoms with Crippen molar-refractivity contribution in [2.45, 2.75) is 18.9 Å². The molecule has 0 saturated heterocycles. The van der Waals surface area contributed by atoms with Crippen LogP contribution in [0.25, 0.3) is 5.57 Å². The third kappa shape index (κ3) is 3.53. The molecule has 0 aromatic heterocycles. The fraction of sp³-hybridized carbons (Fsp3) is 0.148. The van der Waals surface area contributed by atoms with Gasteiger partial charge in [0.1, 0.15) is 5.70 Å². The minimum Gasteiger partial charge on any atom is -0.439 e. The normalized spacial score (nSPS) is 19.3. The maximum absolute atomic E-state index is 13.7. The Labute approximate surface area is 205 Å². The molecule has 2 heterocycles. The fourth-order valence-corrected chi connectivity index (χ4v) is 4.94. The first-order valence-electron chi connectivity index (χ1n) is 10.9. The second-order valence-corrected chi connectivity index (χ2v) is 9.06. The van der Waals surface area contributed by atoms with Crippen molar-refractivity contribution in [3.63, 3.8) is 0 Å². The zero-order valence-electron chi connectivity index (χ0n) is 18.4. The quantitative estimate of drug-likeness (QED) is 0.505. The largest absolute Gasteiger partial charge is 0.439 e. The minimum absolute atomic E-state index is 0.0482. The van der Waals surface area contributed by atoms with E-state index >= 15 is 0 Å². The second kappa shape index (κ2) is 8.57. The van der Waals surface area contributed by atoms with Crippen molar-refractivity contribution >= 4 is 45.0 Å². The van der Waals surface area contributed by atoms with E-state index in [-0.39, 0.29) is 18.0 Å². The number of nitrogens with one attached hydrogen (secondary N) is 1. The van der Waals surface area contributed by atoms with Gasteiger partial charge in [0.25, 0.3) is 11.8 Å². The highest BCUT2D eigenvalue weighted by molar-refractivity contribution is 9.10. The first-order chi connectivity index (χ1) is 16.4. The van der Waals surface area contributed by atoms with Crippen LogP contribution in [0, 0.1) is 0 Å². The molecule has 1 N–H and O–H groups in total. The van der Waals surface area contributed by atoms with Crippen LogP contribution < -0.4 is 10.2 Å². The number of anilines is 1. The summed E-state index contributed by atoms with van der Waals surface area (Å²) >= 11 is 3.47. The van der Waals surface area contributed by atoms with Crippen molar-refractivity contribution in [1.82, 2.24) is 5.32 Å². The number of benzene rings is 3.